The minimum atomic E-state index is -1.59. The molecule has 0 aromatic heterocycles. The smallest absolute Gasteiger partial charge is 0.302 e. The Morgan fingerprint density at radius 2 is 1.86 bits per heavy atom. The summed E-state index contributed by atoms with van der Waals surface area (Å²) in [4.78, 5) is 14.7. The summed E-state index contributed by atoms with van der Waals surface area (Å²) in [6.45, 7) is 5.62. The van der Waals surface area contributed by atoms with Gasteiger partial charge in [0.1, 0.15) is 17.3 Å². The summed E-state index contributed by atoms with van der Waals surface area (Å²) in [6.07, 6.45) is 1.20. The first-order chi connectivity index (χ1) is 17.2. The molecule has 1 heterocycles. The highest BCUT2D eigenvalue weighted by Crippen LogP contribution is 2.80. The van der Waals surface area contributed by atoms with Crippen molar-refractivity contribution in [1.82, 2.24) is 4.90 Å². The van der Waals surface area contributed by atoms with Crippen LogP contribution in [-0.2, 0) is 28.5 Å². The van der Waals surface area contributed by atoms with Gasteiger partial charge in [0.2, 0.25) is 0 Å². The average molecular weight is 510 g/mol. The number of rotatable bonds is 7. The van der Waals surface area contributed by atoms with Gasteiger partial charge in [0, 0.05) is 76.9 Å². The SMILES string of the molecule is CCN1CC2(COC)CCC(OC)C34C1C(O)([C@@H](OC)[C@H]23)C1(O)C[C@H](OC)[C@H]2C[C@@H]4[C@@H]1[C@H]2OC(C)=O. The number of nitrogens with zero attached hydrogens (tertiary/aromatic N) is 1. The molecule has 6 unspecified atom stereocenters. The van der Waals surface area contributed by atoms with E-state index in [1.165, 1.54) is 6.92 Å². The molecule has 1 saturated heterocycles. The van der Waals surface area contributed by atoms with Crippen molar-refractivity contribution in [2.45, 2.75) is 81.2 Å². The molecular weight excluding hydrogens is 466 g/mol. The third kappa shape index (κ3) is 2.55. The lowest BCUT2D eigenvalue weighted by Gasteiger charge is -2.70. The second-order valence-electron chi connectivity index (χ2n) is 12.5. The Bertz CT molecular complexity index is 918. The summed E-state index contributed by atoms with van der Waals surface area (Å²) in [5.41, 5.74) is -3.87. The van der Waals surface area contributed by atoms with Gasteiger partial charge in [-0.15, -0.1) is 0 Å². The molecule has 1 aliphatic heterocycles. The van der Waals surface area contributed by atoms with Crippen LogP contribution in [0.4, 0.5) is 0 Å². The molecule has 5 saturated carbocycles. The number of likely N-dealkylation sites (tertiary alicyclic amines) is 1. The van der Waals surface area contributed by atoms with Crippen LogP contribution in [0.15, 0.2) is 0 Å². The van der Waals surface area contributed by atoms with Crippen LogP contribution >= 0.6 is 0 Å². The summed E-state index contributed by atoms with van der Waals surface area (Å²) < 4.78 is 30.5. The van der Waals surface area contributed by atoms with Crippen LogP contribution < -0.4 is 0 Å². The Morgan fingerprint density at radius 3 is 2.44 bits per heavy atom. The maximum absolute atomic E-state index is 13.1. The number of fused-ring (bicyclic) bond motifs is 2. The van der Waals surface area contributed by atoms with Gasteiger partial charge in [-0.2, -0.15) is 0 Å². The number of esters is 1. The van der Waals surface area contributed by atoms with E-state index in [9.17, 15) is 15.0 Å². The van der Waals surface area contributed by atoms with Crippen molar-refractivity contribution in [3.8, 4) is 0 Å². The molecule has 0 aromatic rings. The zero-order valence-corrected chi connectivity index (χ0v) is 22.4. The molecule has 6 aliphatic rings. The number of hydrogen-bond acceptors (Lipinski definition) is 9. The highest BCUT2D eigenvalue weighted by molar-refractivity contribution is 5.66. The summed E-state index contributed by atoms with van der Waals surface area (Å²) in [7, 11) is 6.83. The van der Waals surface area contributed by atoms with E-state index in [0.717, 1.165) is 32.4 Å². The molecule has 6 rings (SSSR count). The fourth-order valence-electron chi connectivity index (χ4n) is 11.3. The van der Waals surface area contributed by atoms with Gasteiger partial charge in [-0.05, 0) is 31.7 Å². The van der Waals surface area contributed by atoms with Crippen LogP contribution in [0.1, 0.15) is 39.5 Å². The fourth-order valence-corrected chi connectivity index (χ4v) is 11.3. The lowest BCUT2D eigenvalue weighted by molar-refractivity contribution is -0.319. The number of carbonyl (C=O) groups excluding carboxylic acids is 1. The molecule has 9 nitrogen and oxygen atoms in total. The quantitative estimate of drug-likeness (QED) is 0.483. The Kier molecular flexibility index (Phi) is 5.73. The lowest BCUT2D eigenvalue weighted by atomic mass is 9.42. The summed E-state index contributed by atoms with van der Waals surface area (Å²) in [5, 5.41) is 26.0. The van der Waals surface area contributed by atoms with E-state index in [1.54, 1.807) is 28.4 Å². The number of piperidine rings is 1. The number of hydrogen-bond donors (Lipinski definition) is 2. The topological polar surface area (TPSA) is 107 Å². The molecule has 0 radical (unpaired) electrons. The molecule has 1 spiro atoms. The Morgan fingerprint density at radius 1 is 1.11 bits per heavy atom. The van der Waals surface area contributed by atoms with Gasteiger partial charge in [-0.25, -0.2) is 0 Å². The monoisotopic (exact) mass is 509 g/mol. The number of likely N-dealkylation sites (N-methyl/N-ethyl adjacent to an activating group) is 1. The second kappa shape index (κ2) is 8.10. The van der Waals surface area contributed by atoms with Crippen LogP contribution in [0.5, 0.6) is 0 Å². The molecule has 0 amide bonds. The fraction of sp³-hybridized carbons (Fsp3) is 0.963. The van der Waals surface area contributed by atoms with E-state index in [1.807, 2.05) is 0 Å². The molecule has 2 N–H and O–H groups in total. The van der Waals surface area contributed by atoms with Crippen LogP contribution in [0.3, 0.4) is 0 Å². The first kappa shape index (κ1) is 25.5. The molecular formula is C27H43NO8. The summed E-state index contributed by atoms with van der Waals surface area (Å²) in [5.74, 6) is -0.924. The average Bonchev–Trinajstić information content (AvgIpc) is 3.23. The third-order valence-electron chi connectivity index (χ3n) is 11.8. The molecule has 13 atom stereocenters. The van der Waals surface area contributed by atoms with E-state index in [4.69, 9.17) is 23.7 Å². The van der Waals surface area contributed by atoms with E-state index < -0.39 is 34.7 Å². The van der Waals surface area contributed by atoms with Crippen molar-refractivity contribution in [3.63, 3.8) is 0 Å². The normalized spacial score (nSPS) is 56.6. The lowest BCUT2D eigenvalue weighted by Crippen LogP contribution is -2.82. The molecule has 9 heteroatoms. The van der Waals surface area contributed by atoms with Crippen molar-refractivity contribution in [2.24, 2.45) is 34.5 Å². The van der Waals surface area contributed by atoms with Crippen LogP contribution in [0.25, 0.3) is 0 Å². The van der Waals surface area contributed by atoms with Gasteiger partial charge in [0.25, 0.3) is 0 Å². The standard InChI is InChI=1S/C27H43NO8/c1-7-28-12-24(13-32-3)9-8-18(34-5)26-16-10-15-17(33-4)11-25(30,19(16)20(15)36-14(2)29)27(31,23(26)28)22(35-6)21(24)26/h15-23,30-31H,7-13H2,1-6H3/t15-,16-,17+,18?,19-,20+,21-,22+,23?,24?,25?,26?,27?/m1/s1. The second-order valence-corrected chi connectivity index (χ2v) is 12.5. The van der Waals surface area contributed by atoms with Gasteiger partial charge in [0.15, 0.2) is 0 Å². The van der Waals surface area contributed by atoms with Gasteiger partial charge in [-0.3, -0.25) is 9.69 Å². The van der Waals surface area contributed by atoms with Gasteiger partial charge in [0.05, 0.1) is 31.0 Å². The number of aliphatic hydroxyl groups is 2. The Hall–Kier alpha value is -0.810. The molecule has 7 bridgehead atoms. The first-order valence-electron chi connectivity index (χ1n) is 13.6. The van der Waals surface area contributed by atoms with Crippen LogP contribution in [-0.4, -0.2) is 111 Å². The van der Waals surface area contributed by atoms with Crippen molar-refractivity contribution >= 4 is 5.97 Å². The molecule has 6 fully saturated rings. The highest BCUT2D eigenvalue weighted by Gasteiger charge is 2.91. The zero-order valence-electron chi connectivity index (χ0n) is 22.4. The predicted molar refractivity (Wildman–Crippen MR) is 128 cm³/mol. The maximum Gasteiger partial charge on any atom is 0.302 e. The van der Waals surface area contributed by atoms with Crippen molar-refractivity contribution in [3.05, 3.63) is 0 Å². The largest absolute Gasteiger partial charge is 0.462 e. The molecule has 204 valence electrons. The zero-order chi connectivity index (χ0) is 25.8. The van der Waals surface area contributed by atoms with E-state index in [-0.39, 0.29) is 53.8 Å². The van der Waals surface area contributed by atoms with Gasteiger partial charge in [-0.1, -0.05) is 6.92 Å². The summed E-state index contributed by atoms with van der Waals surface area (Å²) in [6, 6.07) is -0.348. The minimum absolute atomic E-state index is 0.0248. The van der Waals surface area contributed by atoms with Crippen LogP contribution in [0.2, 0.25) is 0 Å². The number of carbonyl (C=O) groups is 1. The van der Waals surface area contributed by atoms with E-state index in [0.29, 0.717) is 6.61 Å². The van der Waals surface area contributed by atoms with Crippen molar-refractivity contribution in [2.75, 3.05) is 48.1 Å². The Balaban J connectivity index is 1.66. The van der Waals surface area contributed by atoms with Crippen molar-refractivity contribution < 1.29 is 38.7 Å². The van der Waals surface area contributed by atoms with E-state index >= 15 is 0 Å². The van der Waals surface area contributed by atoms with Crippen LogP contribution in [0, 0.1) is 34.5 Å². The van der Waals surface area contributed by atoms with E-state index in [2.05, 4.69) is 11.8 Å². The number of methoxy groups -OCH3 is 4. The van der Waals surface area contributed by atoms with Gasteiger partial charge >= 0.3 is 5.97 Å². The molecule has 36 heavy (non-hydrogen) atoms. The molecule has 5 aliphatic carbocycles. The van der Waals surface area contributed by atoms with Gasteiger partial charge < -0.3 is 33.9 Å². The van der Waals surface area contributed by atoms with Crippen molar-refractivity contribution in [1.29, 1.82) is 0 Å². The highest BCUT2D eigenvalue weighted by atomic mass is 16.6. The maximum atomic E-state index is 13.1. The predicted octanol–water partition coefficient (Wildman–Crippen LogP) is 0.842. The Labute approximate surface area is 213 Å². The third-order valence-corrected chi connectivity index (χ3v) is 11.8. The minimum Gasteiger partial charge on any atom is -0.462 e. The number of ether oxygens (including phenoxy) is 5. The molecule has 0 aromatic carbocycles. The summed E-state index contributed by atoms with van der Waals surface area (Å²) >= 11 is 0. The first-order valence-corrected chi connectivity index (χ1v) is 13.6.